The van der Waals surface area contributed by atoms with Gasteiger partial charge in [-0.15, -0.1) is 0 Å². The normalized spacial score (nSPS) is 15.9. The van der Waals surface area contributed by atoms with Crippen molar-refractivity contribution in [1.29, 1.82) is 5.41 Å². The summed E-state index contributed by atoms with van der Waals surface area (Å²) in [5.74, 6) is 0.841. The summed E-state index contributed by atoms with van der Waals surface area (Å²) in [4.78, 5) is 24.9. The van der Waals surface area contributed by atoms with E-state index in [0.717, 1.165) is 5.56 Å². The standard InChI is InChI=1S/C20H20N2O5S/c1-25-14-9-13(10-15(26-2)18(14)27-3)17(23)12-6-4-5-11(7-12)8-16-19(24)22-20(21)28-16/h4-7,9-10,16H,8H2,1-3H3,(H2,21,22,24). The molecule has 0 saturated carbocycles. The first-order valence-electron chi connectivity index (χ1n) is 8.46. The Morgan fingerprint density at radius 3 is 2.29 bits per heavy atom. The highest BCUT2D eigenvalue weighted by atomic mass is 32.2. The second-order valence-electron chi connectivity index (χ2n) is 6.07. The predicted molar refractivity (Wildman–Crippen MR) is 107 cm³/mol. The van der Waals surface area contributed by atoms with Crippen LogP contribution in [-0.2, 0) is 11.2 Å². The maximum Gasteiger partial charge on any atom is 0.239 e. The summed E-state index contributed by atoms with van der Waals surface area (Å²) in [6, 6.07) is 10.3. The molecule has 1 amide bonds. The molecule has 0 aromatic heterocycles. The average molecular weight is 400 g/mol. The molecule has 1 atom stereocenters. The van der Waals surface area contributed by atoms with E-state index >= 15 is 0 Å². The van der Waals surface area contributed by atoms with E-state index in [-0.39, 0.29) is 22.1 Å². The molecule has 1 fully saturated rings. The molecule has 0 radical (unpaired) electrons. The number of rotatable bonds is 7. The second kappa shape index (κ2) is 8.35. The van der Waals surface area contributed by atoms with Crippen molar-refractivity contribution in [3.05, 3.63) is 53.1 Å². The molecule has 1 aliphatic heterocycles. The zero-order valence-corrected chi connectivity index (χ0v) is 16.5. The van der Waals surface area contributed by atoms with Gasteiger partial charge in [0.25, 0.3) is 0 Å². The van der Waals surface area contributed by atoms with Crippen molar-refractivity contribution in [3.63, 3.8) is 0 Å². The van der Waals surface area contributed by atoms with Gasteiger partial charge in [-0.25, -0.2) is 0 Å². The first-order chi connectivity index (χ1) is 13.5. The van der Waals surface area contributed by atoms with Gasteiger partial charge in [-0.05, 0) is 30.2 Å². The van der Waals surface area contributed by atoms with E-state index < -0.39 is 0 Å². The largest absolute Gasteiger partial charge is 0.493 e. The number of carbonyl (C=O) groups is 2. The number of hydrogen-bond acceptors (Lipinski definition) is 7. The van der Waals surface area contributed by atoms with Crippen molar-refractivity contribution in [1.82, 2.24) is 5.32 Å². The maximum absolute atomic E-state index is 13.0. The number of amides is 1. The Bertz CT molecular complexity index is 919. The molecule has 2 N–H and O–H groups in total. The molecule has 1 heterocycles. The molecule has 1 unspecified atom stereocenters. The van der Waals surface area contributed by atoms with Crippen LogP contribution in [-0.4, -0.2) is 43.4 Å². The number of benzene rings is 2. The molecule has 146 valence electrons. The van der Waals surface area contributed by atoms with E-state index in [9.17, 15) is 9.59 Å². The third kappa shape index (κ3) is 3.96. The molecule has 1 saturated heterocycles. The third-order valence-corrected chi connectivity index (χ3v) is 5.33. The predicted octanol–water partition coefficient (Wildman–Crippen LogP) is 2.65. The Morgan fingerprint density at radius 2 is 1.75 bits per heavy atom. The summed E-state index contributed by atoms with van der Waals surface area (Å²) in [6.07, 6.45) is 0.440. The number of amidine groups is 1. The van der Waals surface area contributed by atoms with Crippen molar-refractivity contribution in [2.45, 2.75) is 11.7 Å². The molecule has 8 heteroatoms. The summed E-state index contributed by atoms with van der Waals surface area (Å²) >= 11 is 1.18. The van der Waals surface area contributed by atoms with Gasteiger partial charge in [0.1, 0.15) is 0 Å². The van der Waals surface area contributed by atoms with Crippen LogP contribution in [0.2, 0.25) is 0 Å². The minimum atomic E-state index is -0.362. The van der Waals surface area contributed by atoms with Crippen molar-refractivity contribution >= 4 is 28.6 Å². The van der Waals surface area contributed by atoms with Gasteiger partial charge >= 0.3 is 0 Å². The fourth-order valence-corrected chi connectivity index (χ4v) is 3.87. The van der Waals surface area contributed by atoms with Crippen LogP contribution in [0.15, 0.2) is 36.4 Å². The quantitative estimate of drug-likeness (QED) is 0.694. The minimum Gasteiger partial charge on any atom is -0.493 e. The fourth-order valence-electron chi connectivity index (χ4n) is 2.98. The number of carbonyl (C=O) groups excluding carboxylic acids is 2. The van der Waals surface area contributed by atoms with Crippen molar-refractivity contribution in [3.8, 4) is 17.2 Å². The van der Waals surface area contributed by atoms with Crippen molar-refractivity contribution in [2.24, 2.45) is 0 Å². The molecule has 1 aliphatic rings. The van der Waals surface area contributed by atoms with Gasteiger partial charge in [0, 0.05) is 11.1 Å². The number of methoxy groups -OCH3 is 3. The maximum atomic E-state index is 13.0. The Balaban J connectivity index is 1.89. The molecule has 0 spiro atoms. The van der Waals surface area contributed by atoms with Gasteiger partial charge < -0.3 is 19.5 Å². The summed E-state index contributed by atoms with van der Waals surface area (Å²) in [7, 11) is 4.49. The van der Waals surface area contributed by atoms with E-state index in [2.05, 4.69) is 5.32 Å². The molecular formula is C20H20N2O5S. The van der Waals surface area contributed by atoms with Crippen LogP contribution < -0.4 is 19.5 Å². The summed E-state index contributed by atoms with van der Waals surface area (Å²) in [5.41, 5.74) is 1.74. The van der Waals surface area contributed by atoms with Crippen LogP contribution in [0.25, 0.3) is 0 Å². The Kier molecular flexibility index (Phi) is 5.89. The van der Waals surface area contributed by atoms with E-state index in [1.807, 2.05) is 6.07 Å². The molecule has 2 aromatic carbocycles. The molecule has 7 nitrogen and oxygen atoms in total. The number of ether oxygens (including phenoxy) is 3. The monoisotopic (exact) mass is 400 g/mol. The first-order valence-corrected chi connectivity index (χ1v) is 9.34. The third-order valence-electron chi connectivity index (χ3n) is 4.33. The van der Waals surface area contributed by atoms with E-state index in [4.69, 9.17) is 19.6 Å². The first kappa shape index (κ1) is 19.8. The number of hydrogen-bond donors (Lipinski definition) is 2. The smallest absolute Gasteiger partial charge is 0.239 e. The zero-order valence-electron chi connectivity index (χ0n) is 15.7. The molecular weight excluding hydrogens is 380 g/mol. The topological polar surface area (TPSA) is 97.7 Å². The van der Waals surface area contributed by atoms with E-state index in [1.54, 1.807) is 30.3 Å². The highest BCUT2D eigenvalue weighted by molar-refractivity contribution is 8.15. The minimum absolute atomic E-state index is 0.152. The van der Waals surface area contributed by atoms with Gasteiger partial charge in [-0.3, -0.25) is 15.0 Å². The molecule has 2 aromatic rings. The summed E-state index contributed by atoms with van der Waals surface area (Å²) in [5, 5.41) is 9.83. The average Bonchev–Trinajstić information content (AvgIpc) is 3.02. The number of ketones is 1. The van der Waals surface area contributed by atoms with Crippen molar-refractivity contribution in [2.75, 3.05) is 21.3 Å². The lowest BCUT2D eigenvalue weighted by Gasteiger charge is -2.14. The van der Waals surface area contributed by atoms with Crippen LogP contribution in [0.4, 0.5) is 0 Å². The second-order valence-corrected chi connectivity index (χ2v) is 7.29. The highest BCUT2D eigenvalue weighted by Crippen LogP contribution is 2.38. The summed E-state index contributed by atoms with van der Waals surface area (Å²) < 4.78 is 15.9. The highest BCUT2D eigenvalue weighted by Gasteiger charge is 2.29. The van der Waals surface area contributed by atoms with E-state index in [1.165, 1.54) is 33.1 Å². The Hall–Kier alpha value is -3.00. The number of thioether (sulfide) groups is 1. The van der Waals surface area contributed by atoms with Crippen LogP contribution in [0.1, 0.15) is 21.5 Å². The van der Waals surface area contributed by atoms with Gasteiger partial charge in [0.2, 0.25) is 11.7 Å². The van der Waals surface area contributed by atoms with Gasteiger partial charge in [-0.2, -0.15) is 0 Å². The lowest BCUT2D eigenvalue weighted by molar-refractivity contribution is -0.118. The summed E-state index contributed by atoms with van der Waals surface area (Å²) in [6.45, 7) is 0. The fraction of sp³-hybridized carbons (Fsp3) is 0.250. The van der Waals surface area contributed by atoms with Gasteiger partial charge in [0.05, 0.1) is 26.6 Å². The lowest BCUT2D eigenvalue weighted by atomic mass is 9.99. The van der Waals surface area contributed by atoms with Crippen LogP contribution in [0, 0.1) is 5.41 Å². The molecule has 28 heavy (non-hydrogen) atoms. The van der Waals surface area contributed by atoms with Gasteiger partial charge in [-0.1, -0.05) is 30.0 Å². The Morgan fingerprint density at radius 1 is 1.07 bits per heavy atom. The van der Waals surface area contributed by atoms with Gasteiger partial charge in [0.15, 0.2) is 22.4 Å². The lowest BCUT2D eigenvalue weighted by Crippen LogP contribution is -2.25. The Labute approximate surface area is 166 Å². The number of nitrogens with one attached hydrogen (secondary N) is 2. The molecule has 0 aliphatic carbocycles. The zero-order chi connectivity index (χ0) is 20.3. The molecule has 0 bridgehead atoms. The van der Waals surface area contributed by atoms with Crippen LogP contribution in [0.5, 0.6) is 17.2 Å². The SMILES string of the molecule is COc1cc(C(=O)c2cccc(CC3SC(=N)NC3=O)c2)cc(OC)c1OC. The van der Waals surface area contributed by atoms with E-state index in [0.29, 0.717) is 34.8 Å². The van der Waals surface area contributed by atoms with Crippen molar-refractivity contribution < 1.29 is 23.8 Å². The molecule has 3 rings (SSSR count). The van der Waals surface area contributed by atoms with Crippen LogP contribution >= 0.6 is 11.8 Å². The van der Waals surface area contributed by atoms with Crippen LogP contribution in [0.3, 0.4) is 0 Å².